The van der Waals surface area contributed by atoms with E-state index in [4.69, 9.17) is 0 Å². The lowest BCUT2D eigenvalue weighted by Crippen LogP contribution is -2.35. The van der Waals surface area contributed by atoms with Crippen LogP contribution >= 0.6 is 0 Å². The fourth-order valence-corrected chi connectivity index (χ4v) is 3.08. The Bertz CT molecular complexity index is 576. The number of rotatable bonds is 4. The molecule has 0 aliphatic carbocycles. The van der Waals surface area contributed by atoms with E-state index in [0.29, 0.717) is 12.1 Å². The molecule has 0 spiro atoms. The number of nitrogens with one attached hydrogen (secondary N) is 1. The van der Waals surface area contributed by atoms with E-state index in [-0.39, 0.29) is 5.82 Å². The van der Waals surface area contributed by atoms with Crippen molar-refractivity contribution in [1.29, 1.82) is 0 Å². The van der Waals surface area contributed by atoms with Crippen molar-refractivity contribution < 1.29 is 4.39 Å². The Morgan fingerprint density at radius 2 is 2.10 bits per heavy atom. The molecule has 2 atom stereocenters. The summed E-state index contributed by atoms with van der Waals surface area (Å²) >= 11 is 0. The van der Waals surface area contributed by atoms with E-state index in [0.717, 1.165) is 18.5 Å². The molecule has 1 aliphatic rings. The van der Waals surface area contributed by atoms with E-state index in [2.05, 4.69) is 21.8 Å². The minimum atomic E-state index is -0.178. The van der Waals surface area contributed by atoms with E-state index in [1.54, 1.807) is 0 Å². The molecule has 1 fully saturated rings. The summed E-state index contributed by atoms with van der Waals surface area (Å²) in [4.78, 5) is 4.31. The molecule has 1 aromatic heterocycles. The number of hydrogen-bond donors (Lipinski definition) is 1. The number of imidazole rings is 1. The van der Waals surface area contributed by atoms with Gasteiger partial charge in [0.15, 0.2) is 0 Å². The Hall–Kier alpha value is -1.68. The number of aryl methyl sites for hydroxylation is 2. The van der Waals surface area contributed by atoms with E-state index in [9.17, 15) is 4.39 Å². The van der Waals surface area contributed by atoms with Gasteiger partial charge in [0.1, 0.15) is 5.82 Å². The van der Waals surface area contributed by atoms with Gasteiger partial charge in [-0.1, -0.05) is 12.1 Å². The van der Waals surface area contributed by atoms with Gasteiger partial charge in [-0.15, -0.1) is 0 Å². The zero-order valence-corrected chi connectivity index (χ0v) is 12.4. The molecule has 112 valence electrons. The predicted molar refractivity (Wildman–Crippen MR) is 81.5 cm³/mol. The van der Waals surface area contributed by atoms with Crippen molar-refractivity contribution >= 4 is 0 Å². The van der Waals surface area contributed by atoms with Crippen LogP contribution in [-0.4, -0.2) is 15.6 Å². The molecule has 4 heteroatoms. The maximum absolute atomic E-state index is 12.9. The second-order valence-electron chi connectivity index (χ2n) is 5.94. The first kappa shape index (κ1) is 14.3. The number of benzene rings is 1. The summed E-state index contributed by atoms with van der Waals surface area (Å²) in [7, 11) is 0. The fourth-order valence-electron chi connectivity index (χ4n) is 3.08. The van der Waals surface area contributed by atoms with Crippen molar-refractivity contribution in [2.75, 3.05) is 0 Å². The van der Waals surface area contributed by atoms with Crippen LogP contribution in [0.25, 0.3) is 0 Å². The van der Waals surface area contributed by atoms with Crippen LogP contribution < -0.4 is 5.32 Å². The van der Waals surface area contributed by atoms with Gasteiger partial charge in [-0.3, -0.25) is 0 Å². The topological polar surface area (TPSA) is 29.9 Å². The molecule has 0 saturated carbocycles. The van der Waals surface area contributed by atoms with Gasteiger partial charge >= 0.3 is 0 Å². The van der Waals surface area contributed by atoms with Gasteiger partial charge in [-0.25, -0.2) is 9.37 Å². The van der Waals surface area contributed by atoms with Gasteiger partial charge in [-0.2, -0.15) is 0 Å². The molecule has 0 amide bonds. The highest BCUT2D eigenvalue weighted by molar-refractivity contribution is 5.16. The van der Waals surface area contributed by atoms with Gasteiger partial charge in [0.05, 0.1) is 12.0 Å². The molecule has 1 saturated heterocycles. The van der Waals surface area contributed by atoms with Crippen molar-refractivity contribution in [3.63, 3.8) is 0 Å². The van der Waals surface area contributed by atoms with Crippen LogP contribution in [0.1, 0.15) is 43.5 Å². The highest BCUT2D eigenvalue weighted by Crippen LogP contribution is 2.25. The molecule has 0 radical (unpaired) electrons. The maximum atomic E-state index is 12.9. The third kappa shape index (κ3) is 3.50. The molecule has 1 N–H and O–H groups in total. The second kappa shape index (κ2) is 6.39. The van der Waals surface area contributed by atoms with E-state index >= 15 is 0 Å². The molecular weight excluding hydrogens is 265 g/mol. The van der Waals surface area contributed by atoms with Crippen LogP contribution in [0.4, 0.5) is 4.39 Å². The summed E-state index contributed by atoms with van der Waals surface area (Å²) < 4.78 is 15.1. The lowest BCUT2D eigenvalue weighted by Gasteiger charge is -2.29. The molecule has 21 heavy (non-hydrogen) atoms. The van der Waals surface area contributed by atoms with Gasteiger partial charge in [0.2, 0.25) is 0 Å². The van der Waals surface area contributed by atoms with Crippen molar-refractivity contribution in [1.82, 2.24) is 14.9 Å². The Morgan fingerprint density at radius 3 is 2.86 bits per heavy atom. The van der Waals surface area contributed by atoms with Crippen LogP contribution in [-0.2, 0) is 13.0 Å². The van der Waals surface area contributed by atoms with Gasteiger partial charge in [0, 0.05) is 24.8 Å². The summed E-state index contributed by atoms with van der Waals surface area (Å²) in [6, 6.07) is 7.73. The average molecular weight is 287 g/mol. The molecular formula is C17H22FN3. The Labute approximate surface area is 125 Å². The second-order valence-corrected chi connectivity index (χ2v) is 5.94. The normalized spacial score (nSPS) is 22.4. The Balaban J connectivity index is 1.66. The van der Waals surface area contributed by atoms with Crippen LogP contribution in [0.15, 0.2) is 36.8 Å². The standard InChI is InChI=1S/C17H22FN3/c1-13-3-2-4-16(20-13)17-11-19-12-21(17)10-9-14-5-7-15(18)8-6-14/h5-8,11-13,16,20H,2-4,9-10H2,1H3. The highest BCUT2D eigenvalue weighted by Gasteiger charge is 2.21. The zero-order valence-electron chi connectivity index (χ0n) is 12.4. The molecule has 1 aromatic carbocycles. The van der Waals surface area contributed by atoms with Crippen molar-refractivity contribution in [2.24, 2.45) is 0 Å². The summed E-state index contributed by atoms with van der Waals surface area (Å²) in [6.45, 7) is 3.12. The van der Waals surface area contributed by atoms with Crippen LogP contribution in [0.2, 0.25) is 0 Å². The molecule has 2 heterocycles. The maximum Gasteiger partial charge on any atom is 0.123 e. The first-order chi connectivity index (χ1) is 10.2. The lowest BCUT2D eigenvalue weighted by atomic mass is 9.97. The highest BCUT2D eigenvalue weighted by atomic mass is 19.1. The zero-order chi connectivity index (χ0) is 14.7. The van der Waals surface area contributed by atoms with E-state index in [1.807, 2.05) is 24.7 Å². The number of aromatic nitrogens is 2. The minimum Gasteiger partial charge on any atom is -0.333 e. The number of piperidine rings is 1. The summed E-state index contributed by atoms with van der Waals surface area (Å²) in [5, 5.41) is 3.65. The smallest absolute Gasteiger partial charge is 0.123 e. The number of hydrogen-bond acceptors (Lipinski definition) is 2. The number of halogens is 1. The minimum absolute atomic E-state index is 0.178. The largest absolute Gasteiger partial charge is 0.333 e. The van der Waals surface area contributed by atoms with Crippen molar-refractivity contribution in [3.8, 4) is 0 Å². The van der Waals surface area contributed by atoms with E-state index in [1.165, 1.54) is 37.1 Å². The van der Waals surface area contributed by atoms with Crippen molar-refractivity contribution in [2.45, 2.75) is 51.2 Å². The van der Waals surface area contributed by atoms with Crippen LogP contribution in [0.3, 0.4) is 0 Å². The Kier molecular flexibility index (Phi) is 4.34. The van der Waals surface area contributed by atoms with Crippen molar-refractivity contribution in [3.05, 3.63) is 53.9 Å². The summed E-state index contributed by atoms with van der Waals surface area (Å²) in [6.07, 6.45) is 8.46. The van der Waals surface area contributed by atoms with Gasteiger partial charge in [-0.05, 0) is 50.3 Å². The first-order valence-corrected chi connectivity index (χ1v) is 7.73. The molecule has 3 rings (SSSR count). The Morgan fingerprint density at radius 1 is 1.29 bits per heavy atom. The van der Waals surface area contributed by atoms with Crippen LogP contribution in [0, 0.1) is 5.82 Å². The molecule has 3 nitrogen and oxygen atoms in total. The molecule has 2 unspecified atom stereocenters. The summed E-state index contributed by atoms with van der Waals surface area (Å²) in [5.74, 6) is -0.178. The SMILES string of the molecule is CC1CCCC(c2cncn2CCc2ccc(F)cc2)N1. The molecule has 1 aliphatic heterocycles. The average Bonchev–Trinajstić information content (AvgIpc) is 2.95. The fraction of sp³-hybridized carbons (Fsp3) is 0.471. The van der Waals surface area contributed by atoms with Gasteiger partial charge < -0.3 is 9.88 Å². The van der Waals surface area contributed by atoms with E-state index < -0.39 is 0 Å². The monoisotopic (exact) mass is 287 g/mol. The molecule has 2 aromatic rings. The lowest BCUT2D eigenvalue weighted by molar-refractivity contribution is 0.329. The summed E-state index contributed by atoms with van der Waals surface area (Å²) in [5.41, 5.74) is 2.42. The number of nitrogens with zero attached hydrogens (tertiary/aromatic N) is 2. The van der Waals surface area contributed by atoms with Gasteiger partial charge in [0.25, 0.3) is 0 Å². The first-order valence-electron chi connectivity index (χ1n) is 7.73. The van der Waals surface area contributed by atoms with Crippen LogP contribution in [0.5, 0.6) is 0 Å². The molecule has 0 bridgehead atoms. The quantitative estimate of drug-likeness (QED) is 0.933. The third-order valence-electron chi connectivity index (χ3n) is 4.27. The third-order valence-corrected chi connectivity index (χ3v) is 4.27. The predicted octanol–water partition coefficient (Wildman–Crippen LogP) is 3.47.